The molecule has 1 aromatic carbocycles. The highest BCUT2D eigenvalue weighted by atomic mass is 32.1. The van der Waals surface area contributed by atoms with Crippen molar-refractivity contribution in [2.45, 2.75) is 32.7 Å². The highest BCUT2D eigenvalue weighted by Gasteiger charge is 2.10. The van der Waals surface area contributed by atoms with Crippen molar-refractivity contribution in [3.63, 3.8) is 0 Å². The van der Waals surface area contributed by atoms with Gasteiger partial charge in [0.15, 0.2) is 0 Å². The van der Waals surface area contributed by atoms with Crippen molar-refractivity contribution in [3.05, 3.63) is 57.8 Å². The van der Waals surface area contributed by atoms with Crippen LogP contribution in [-0.4, -0.2) is 5.91 Å². The number of benzene rings is 1. The molecule has 1 aromatic heterocycles. The first-order valence-electron chi connectivity index (χ1n) is 6.52. The molecule has 1 heterocycles. The van der Waals surface area contributed by atoms with Crippen LogP contribution < -0.4 is 5.32 Å². The van der Waals surface area contributed by atoms with Gasteiger partial charge < -0.3 is 5.32 Å². The summed E-state index contributed by atoms with van der Waals surface area (Å²) in [5, 5.41) is 2.98. The molecule has 0 saturated carbocycles. The van der Waals surface area contributed by atoms with Crippen molar-refractivity contribution < 1.29 is 4.79 Å². The van der Waals surface area contributed by atoms with E-state index in [2.05, 4.69) is 43.4 Å². The molecule has 2 nitrogen and oxygen atoms in total. The third kappa shape index (κ3) is 4.21. The van der Waals surface area contributed by atoms with E-state index >= 15 is 0 Å². The molecule has 1 amide bonds. The first-order chi connectivity index (χ1) is 9.15. The van der Waals surface area contributed by atoms with Crippen LogP contribution in [0, 0.1) is 6.92 Å². The second-order valence-corrected chi connectivity index (χ2v) is 6.18. The number of nitrogens with one attached hydrogen (secondary N) is 1. The maximum atomic E-state index is 11.9. The van der Waals surface area contributed by atoms with Crippen molar-refractivity contribution in [2.24, 2.45) is 0 Å². The van der Waals surface area contributed by atoms with Gasteiger partial charge in [-0.3, -0.25) is 4.79 Å². The third-order valence-corrected chi connectivity index (χ3v) is 4.12. The Bertz CT molecular complexity index is 533. The highest BCUT2D eigenvalue weighted by Crippen LogP contribution is 2.19. The van der Waals surface area contributed by atoms with Gasteiger partial charge in [0.25, 0.3) is 0 Å². The second kappa shape index (κ2) is 6.53. The van der Waals surface area contributed by atoms with Crippen LogP contribution in [0.25, 0.3) is 0 Å². The molecule has 19 heavy (non-hydrogen) atoms. The van der Waals surface area contributed by atoms with Crippen LogP contribution in [0.2, 0.25) is 0 Å². The number of hydrogen-bond acceptors (Lipinski definition) is 2. The summed E-state index contributed by atoms with van der Waals surface area (Å²) in [7, 11) is 0. The van der Waals surface area contributed by atoms with Gasteiger partial charge in [-0.05, 0) is 30.5 Å². The maximum absolute atomic E-state index is 11.9. The van der Waals surface area contributed by atoms with Crippen LogP contribution in [-0.2, 0) is 11.3 Å². The van der Waals surface area contributed by atoms with E-state index in [1.165, 1.54) is 15.3 Å². The number of rotatable bonds is 5. The normalized spacial score (nSPS) is 12.1. The fraction of sp³-hybridized carbons (Fsp3) is 0.312. The van der Waals surface area contributed by atoms with Gasteiger partial charge in [-0.2, -0.15) is 0 Å². The van der Waals surface area contributed by atoms with E-state index < -0.39 is 0 Å². The molecule has 1 atom stereocenters. The maximum Gasteiger partial charge on any atom is 0.220 e. The van der Waals surface area contributed by atoms with E-state index in [0.29, 0.717) is 13.0 Å². The minimum atomic E-state index is 0.113. The van der Waals surface area contributed by atoms with Crippen LogP contribution in [0.1, 0.15) is 34.6 Å². The SMILES string of the molecule is Cc1ccc(CNC(=O)CC(C)c2ccccc2)s1. The highest BCUT2D eigenvalue weighted by molar-refractivity contribution is 7.11. The van der Waals surface area contributed by atoms with E-state index in [1.807, 2.05) is 18.2 Å². The summed E-state index contributed by atoms with van der Waals surface area (Å²) in [4.78, 5) is 14.4. The first kappa shape index (κ1) is 13.8. The molecule has 2 aromatic rings. The van der Waals surface area contributed by atoms with Gasteiger partial charge in [0, 0.05) is 16.2 Å². The summed E-state index contributed by atoms with van der Waals surface area (Å²) in [6, 6.07) is 14.3. The van der Waals surface area contributed by atoms with Gasteiger partial charge in [-0.25, -0.2) is 0 Å². The minimum absolute atomic E-state index is 0.113. The number of hydrogen-bond donors (Lipinski definition) is 1. The molecule has 3 heteroatoms. The Morgan fingerprint density at radius 1 is 1.21 bits per heavy atom. The number of carbonyl (C=O) groups is 1. The van der Waals surface area contributed by atoms with Gasteiger partial charge in [0.05, 0.1) is 6.54 Å². The minimum Gasteiger partial charge on any atom is -0.351 e. The molecule has 0 spiro atoms. The molecule has 0 saturated heterocycles. The molecule has 0 bridgehead atoms. The Hall–Kier alpha value is -1.61. The first-order valence-corrected chi connectivity index (χ1v) is 7.34. The van der Waals surface area contributed by atoms with Crippen LogP contribution in [0.3, 0.4) is 0 Å². The molecular weight excluding hydrogens is 254 g/mol. The molecular formula is C16H19NOS. The van der Waals surface area contributed by atoms with Crippen molar-refractivity contribution in [3.8, 4) is 0 Å². The van der Waals surface area contributed by atoms with Crippen LogP contribution in [0.5, 0.6) is 0 Å². The average molecular weight is 273 g/mol. The Morgan fingerprint density at radius 3 is 2.58 bits per heavy atom. The van der Waals surface area contributed by atoms with Gasteiger partial charge in [0.1, 0.15) is 0 Å². The zero-order valence-corrected chi connectivity index (χ0v) is 12.2. The fourth-order valence-electron chi connectivity index (χ4n) is 2.02. The Labute approximate surface area is 118 Å². The summed E-state index contributed by atoms with van der Waals surface area (Å²) in [6.07, 6.45) is 0.536. The van der Waals surface area contributed by atoms with E-state index in [1.54, 1.807) is 11.3 Å². The molecule has 1 N–H and O–H groups in total. The van der Waals surface area contributed by atoms with Crippen LogP contribution in [0.4, 0.5) is 0 Å². The lowest BCUT2D eigenvalue weighted by molar-refractivity contribution is -0.121. The Balaban J connectivity index is 1.81. The van der Waals surface area contributed by atoms with Crippen molar-refractivity contribution >= 4 is 17.2 Å². The molecule has 100 valence electrons. The lowest BCUT2D eigenvalue weighted by Crippen LogP contribution is -2.23. The zero-order valence-electron chi connectivity index (χ0n) is 11.3. The van der Waals surface area contributed by atoms with E-state index in [4.69, 9.17) is 0 Å². The standard InChI is InChI=1S/C16H19NOS/c1-12(14-6-4-3-5-7-14)10-16(18)17-11-15-9-8-13(2)19-15/h3-9,12H,10-11H2,1-2H3,(H,17,18). The molecule has 0 aliphatic carbocycles. The summed E-state index contributed by atoms with van der Waals surface area (Å²) >= 11 is 1.73. The van der Waals surface area contributed by atoms with Crippen LogP contribution >= 0.6 is 11.3 Å². The largest absolute Gasteiger partial charge is 0.351 e. The Morgan fingerprint density at radius 2 is 1.95 bits per heavy atom. The van der Waals surface area contributed by atoms with Gasteiger partial charge in [-0.1, -0.05) is 37.3 Å². The molecule has 2 rings (SSSR count). The smallest absolute Gasteiger partial charge is 0.220 e. The average Bonchev–Trinajstić information content (AvgIpc) is 2.83. The monoisotopic (exact) mass is 273 g/mol. The van der Waals surface area contributed by atoms with Crippen molar-refractivity contribution in [1.29, 1.82) is 0 Å². The Kier molecular flexibility index (Phi) is 4.74. The topological polar surface area (TPSA) is 29.1 Å². The van der Waals surface area contributed by atoms with E-state index in [9.17, 15) is 4.79 Å². The van der Waals surface area contributed by atoms with E-state index in [0.717, 1.165) is 0 Å². The van der Waals surface area contributed by atoms with Crippen molar-refractivity contribution in [1.82, 2.24) is 5.32 Å². The number of amides is 1. The summed E-state index contributed by atoms with van der Waals surface area (Å²) in [5.74, 6) is 0.369. The molecule has 0 radical (unpaired) electrons. The summed E-state index contributed by atoms with van der Waals surface area (Å²) in [5.41, 5.74) is 1.21. The second-order valence-electron chi connectivity index (χ2n) is 4.80. The predicted octanol–water partition coefficient (Wildman–Crippen LogP) is 3.87. The molecule has 1 unspecified atom stereocenters. The number of thiophene rings is 1. The molecule has 0 fully saturated rings. The molecule has 0 aliphatic rings. The van der Waals surface area contributed by atoms with Crippen molar-refractivity contribution in [2.75, 3.05) is 0 Å². The number of aryl methyl sites for hydroxylation is 1. The van der Waals surface area contributed by atoms with E-state index in [-0.39, 0.29) is 11.8 Å². The van der Waals surface area contributed by atoms with Gasteiger partial charge in [-0.15, -0.1) is 11.3 Å². The van der Waals surface area contributed by atoms with Gasteiger partial charge >= 0.3 is 0 Å². The molecule has 0 aliphatic heterocycles. The lowest BCUT2D eigenvalue weighted by Gasteiger charge is -2.11. The van der Waals surface area contributed by atoms with Gasteiger partial charge in [0.2, 0.25) is 5.91 Å². The van der Waals surface area contributed by atoms with Crippen LogP contribution in [0.15, 0.2) is 42.5 Å². The predicted molar refractivity (Wildman–Crippen MR) is 80.4 cm³/mol. The lowest BCUT2D eigenvalue weighted by atomic mass is 9.98. The summed E-state index contributed by atoms with van der Waals surface area (Å²) in [6.45, 7) is 4.80. The third-order valence-electron chi connectivity index (χ3n) is 3.12. The summed E-state index contributed by atoms with van der Waals surface area (Å²) < 4.78 is 0. The number of carbonyl (C=O) groups excluding carboxylic acids is 1. The zero-order chi connectivity index (χ0) is 13.7. The fourth-order valence-corrected chi connectivity index (χ4v) is 2.85. The quantitative estimate of drug-likeness (QED) is 0.880.